The van der Waals surface area contributed by atoms with Gasteiger partial charge in [0.05, 0.1) is 11.4 Å². The molecule has 1 aliphatic rings. The molecule has 0 saturated carbocycles. The largest absolute Gasteiger partial charge is 0.381 e. The fourth-order valence-electron chi connectivity index (χ4n) is 2.20. The van der Waals surface area contributed by atoms with E-state index in [0.717, 1.165) is 17.0 Å². The van der Waals surface area contributed by atoms with E-state index in [1.165, 1.54) is 0 Å². The Hall–Kier alpha value is -1.65. The maximum Gasteiger partial charge on any atom is 0.131 e. The number of benzene rings is 1. The van der Waals surface area contributed by atoms with Crippen LogP contribution in [0.1, 0.15) is 5.69 Å². The molecule has 0 aliphatic carbocycles. The van der Waals surface area contributed by atoms with E-state index in [1.807, 2.05) is 43.4 Å². The number of hydrogen-bond acceptors (Lipinski definition) is 3. The molecule has 4 nitrogen and oxygen atoms in total. The molecule has 0 amide bonds. The summed E-state index contributed by atoms with van der Waals surface area (Å²) in [5.41, 5.74) is 2.10. The molecule has 1 aromatic heterocycles. The van der Waals surface area contributed by atoms with Gasteiger partial charge in [0.1, 0.15) is 5.60 Å². The van der Waals surface area contributed by atoms with E-state index < -0.39 is 5.60 Å². The lowest BCUT2D eigenvalue weighted by molar-refractivity contribution is -0.0217. The predicted octanol–water partition coefficient (Wildman–Crippen LogP) is 0.878. The van der Waals surface area contributed by atoms with Crippen molar-refractivity contribution in [1.82, 2.24) is 15.1 Å². The third-order valence-corrected chi connectivity index (χ3v) is 3.26. The average molecular weight is 229 g/mol. The maximum absolute atomic E-state index is 10.3. The van der Waals surface area contributed by atoms with E-state index in [9.17, 15) is 5.11 Å². The number of hydrogen-bond donors (Lipinski definition) is 2. The molecule has 2 aromatic rings. The summed E-state index contributed by atoms with van der Waals surface area (Å²) in [5.74, 6) is 0. The van der Waals surface area contributed by atoms with Crippen LogP contribution in [0.2, 0.25) is 0 Å². The van der Waals surface area contributed by atoms with Gasteiger partial charge in [-0.3, -0.25) is 4.68 Å². The van der Waals surface area contributed by atoms with Gasteiger partial charge in [-0.1, -0.05) is 30.3 Å². The molecule has 1 saturated heterocycles. The molecule has 0 atom stereocenters. The Bertz CT molecular complexity index is 529. The summed E-state index contributed by atoms with van der Waals surface area (Å²) >= 11 is 0. The molecule has 88 valence electrons. The molecular formula is C13H15N3O. The van der Waals surface area contributed by atoms with Crippen molar-refractivity contribution in [2.45, 2.75) is 5.60 Å². The summed E-state index contributed by atoms with van der Waals surface area (Å²) in [7, 11) is 1.87. The molecule has 3 rings (SSSR count). The van der Waals surface area contributed by atoms with Crippen LogP contribution in [0.5, 0.6) is 0 Å². The zero-order chi connectivity index (χ0) is 11.9. The number of aliphatic hydroxyl groups is 1. The first-order chi connectivity index (χ1) is 8.19. The second-order valence-corrected chi connectivity index (χ2v) is 4.54. The standard InChI is InChI=1S/C13H15N3O/c1-16-12(13(17)8-14-9-13)7-11(15-16)10-5-3-2-4-6-10/h2-7,14,17H,8-9H2,1H3. The molecule has 1 aliphatic heterocycles. The van der Waals surface area contributed by atoms with Crippen LogP contribution in [0.15, 0.2) is 36.4 Å². The van der Waals surface area contributed by atoms with Crippen molar-refractivity contribution in [3.63, 3.8) is 0 Å². The van der Waals surface area contributed by atoms with Crippen LogP contribution >= 0.6 is 0 Å². The predicted molar refractivity (Wildman–Crippen MR) is 65.4 cm³/mol. The molecule has 0 spiro atoms. The minimum Gasteiger partial charge on any atom is -0.381 e. The van der Waals surface area contributed by atoms with Crippen molar-refractivity contribution in [2.24, 2.45) is 7.05 Å². The highest BCUT2D eigenvalue weighted by atomic mass is 16.3. The van der Waals surface area contributed by atoms with Crippen molar-refractivity contribution in [2.75, 3.05) is 13.1 Å². The first-order valence-electron chi connectivity index (χ1n) is 5.72. The van der Waals surface area contributed by atoms with E-state index in [-0.39, 0.29) is 0 Å². The Morgan fingerprint density at radius 3 is 2.59 bits per heavy atom. The monoisotopic (exact) mass is 229 g/mol. The van der Waals surface area contributed by atoms with Gasteiger partial charge < -0.3 is 10.4 Å². The van der Waals surface area contributed by atoms with E-state index in [4.69, 9.17) is 0 Å². The van der Waals surface area contributed by atoms with Crippen molar-refractivity contribution in [3.05, 3.63) is 42.1 Å². The quantitative estimate of drug-likeness (QED) is 0.803. The second-order valence-electron chi connectivity index (χ2n) is 4.54. The first kappa shape index (κ1) is 10.5. The van der Waals surface area contributed by atoms with Gasteiger partial charge in [0.15, 0.2) is 0 Å². The van der Waals surface area contributed by atoms with Gasteiger partial charge in [-0.25, -0.2) is 0 Å². The molecule has 4 heteroatoms. The van der Waals surface area contributed by atoms with E-state index >= 15 is 0 Å². The van der Waals surface area contributed by atoms with Gasteiger partial charge >= 0.3 is 0 Å². The number of β-amino-alcohol motifs (C(OH)–C–C–N with tert-alkyl or cyclic N) is 1. The van der Waals surface area contributed by atoms with Crippen LogP contribution in [0, 0.1) is 0 Å². The van der Waals surface area contributed by atoms with E-state index in [0.29, 0.717) is 13.1 Å². The minimum atomic E-state index is -0.755. The molecule has 2 heterocycles. The van der Waals surface area contributed by atoms with Gasteiger partial charge in [-0.15, -0.1) is 0 Å². The number of aromatic nitrogens is 2. The van der Waals surface area contributed by atoms with Gasteiger partial charge in [0.2, 0.25) is 0 Å². The van der Waals surface area contributed by atoms with Gasteiger partial charge in [0.25, 0.3) is 0 Å². The third kappa shape index (κ3) is 1.66. The Morgan fingerprint density at radius 1 is 1.29 bits per heavy atom. The Kier molecular flexibility index (Phi) is 2.28. The number of rotatable bonds is 2. The molecule has 0 bridgehead atoms. The minimum absolute atomic E-state index is 0.598. The fourth-order valence-corrected chi connectivity index (χ4v) is 2.20. The van der Waals surface area contributed by atoms with E-state index in [1.54, 1.807) is 4.68 Å². The normalized spacial score (nSPS) is 17.8. The van der Waals surface area contributed by atoms with E-state index in [2.05, 4.69) is 10.4 Å². The maximum atomic E-state index is 10.3. The number of nitrogens with zero attached hydrogens (tertiary/aromatic N) is 2. The fraction of sp³-hybridized carbons (Fsp3) is 0.308. The van der Waals surface area contributed by atoms with Gasteiger partial charge in [0, 0.05) is 25.7 Å². The zero-order valence-electron chi connectivity index (χ0n) is 9.72. The smallest absolute Gasteiger partial charge is 0.131 e. The average Bonchev–Trinajstić information content (AvgIpc) is 2.70. The molecule has 1 aromatic carbocycles. The number of aryl methyl sites for hydroxylation is 1. The summed E-state index contributed by atoms with van der Waals surface area (Å²) in [5, 5.41) is 17.8. The summed E-state index contributed by atoms with van der Waals surface area (Å²) < 4.78 is 1.77. The third-order valence-electron chi connectivity index (χ3n) is 3.26. The Balaban J connectivity index is 2.02. The van der Waals surface area contributed by atoms with Crippen LogP contribution in [0.25, 0.3) is 11.3 Å². The molecular weight excluding hydrogens is 214 g/mol. The topological polar surface area (TPSA) is 50.1 Å². The Morgan fingerprint density at radius 2 is 2.00 bits per heavy atom. The molecule has 1 fully saturated rings. The van der Waals surface area contributed by atoms with Crippen molar-refractivity contribution in [1.29, 1.82) is 0 Å². The van der Waals surface area contributed by atoms with Gasteiger partial charge in [-0.05, 0) is 6.07 Å². The van der Waals surface area contributed by atoms with Crippen molar-refractivity contribution >= 4 is 0 Å². The van der Waals surface area contributed by atoms with Crippen LogP contribution in [-0.2, 0) is 12.6 Å². The molecule has 0 radical (unpaired) electrons. The highest BCUT2D eigenvalue weighted by Gasteiger charge is 2.39. The van der Waals surface area contributed by atoms with Crippen LogP contribution < -0.4 is 5.32 Å². The highest BCUT2D eigenvalue weighted by molar-refractivity contribution is 5.59. The van der Waals surface area contributed by atoms with Crippen LogP contribution in [0.3, 0.4) is 0 Å². The lowest BCUT2D eigenvalue weighted by Crippen LogP contribution is -2.57. The number of nitrogens with one attached hydrogen (secondary N) is 1. The molecule has 2 N–H and O–H groups in total. The lowest BCUT2D eigenvalue weighted by atomic mass is 9.92. The SMILES string of the molecule is Cn1nc(-c2ccccc2)cc1C1(O)CNC1. The molecule has 17 heavy (non-hydrogen) atoms. The first-order valence-corrected chi connectivity index (χ1v) is 5.72. The Labute approximate surface area is 99.9 Å². The lowest BCUT2D eigenvalue weighted by Gasteiger charge is -2.37. The summed E-state index contributed by atoms with van der Waals surface area (Å²) in [4.78, 5) is 0. The summed E-state index contributed by atoms with van der Waals surface area (Å²) in [6.07, 6.45) is 0. The van der Waals surface area contributed by atoms with Gasteiger partial charge in [-0.2, -0.15) is 5.10 Å². The van der Waals surface area contributed by atoms with Crippen molar-refractivity contribution in [3.8, 4) is 11.3 Å². The highest BCUT2D eigenvalue weighted by Crippen LogP contribution is 2.28. The summed E-state index contributed by atoms with van der Waals surface area (Å²) in [6, 6.07) is 12.0. The zero-order valence-corrected chi connectivity index (χ0v) is 9.72. The van der Waals surface area contributed by atoms with Crippen molar-refractivity contribution < 1.29 is 5.11 Å². The van der Waals surface area contributed by atoms with Crippen LogP contribution in [-0.4, -0.2) is 28.0 Å². The second kappa shape index (κ2) is 3.68. The summed E-state index contributed by atoms with van der Waals surface area (Å²) in [6.45, 7) is 1.20. The van der Waals surface area contributed by atoms with Crippen LogP contribution in [0.4, 0.5) is 0 Å². The molecule has 0 unspecified atom stereocenters.